The third-order valence-corrected chi connectivity index (χ3v) is 4.54. The van der Waals surface area contributed by atoms with Gasteiger partial charge in [0.2, 0.25) is 0 Å². The molecule has 1 aromatic heterocycles. The Labute approximate surface area is 127 Å². The lowest BCUT2D eigenvalue weighted by molar-refractivity contribution is 0.0691. The largest absolute Gasteiger partial charge is 0.476 e. The third kappa shape index (κ3) is 4.15. The van der Waals surface area contributed by atoms with Crippen molar-refractivity contribution >= 4 is 23.3 Å². The highest BCUT2D eigenvalue weighted by Gasteiger charge is 2.23. The quantitative estimate of drug-likeness (QED) is 0.856. The minimum Gasteiger partial charge on any atom is -0.476 e. The van der Waals surface area contributed by atoms with Crippen LogP contribution in [0.3, 0.4) is 0 Å². The zero-order valence-corrected chi connectivity index (χ0v) is 13.0. The zero-order valence-electron chi connectivity index (χ0n) is 12.2. The average molecular weight is 312 g/mol. The summed E-state index contributed by atoms with van der Waals surface area (Å²) in [7, 11) is 2.06. The highest BCUT2D eigenvalue weighted by atomic mass is 32.1. The van der Waals surface area contributed by atoms with Gasteiger partial charge < -0.3 is 20.2 Å². The highest BCUT2D eigenvalue weighted by Crippen LogP contribution is 2.10. The Morgan fingerprint density at radius 3 is 2.90 bits per heavy atom. The van der Waals surface area contributed by atoms with Gasteiger partial charge in [-0.2, -0.15) is 0 Å². The van der Waals surface area contributed by atoms with E-state index in [0.29, 0.717) is 19.0 Å². The van der Waals surface area contributed by atoms with Crippen molar-refractivity contribution < 1.29 is 14.7 Å². The van der Waals surface area contributed by atoms with E-state index in [0.717, 1.165) is 24.6 Å². The second-order valence-corrected chi connectivity index (χ2v) is 6.13. The molecule has 1 aliphatic rings. The zero-order chi connectivity index (χ0) is 15.4. The van der Waals surface area contributed by atoms with Crippen LogP contribution in [0.25, 0.3) is 0 Å². The van der Waals surface area contributed by atoms with Crippen LogP contribution in [0.5, 0.6) is 0 Å². The molecule has 1 aromatic rings. The summed E-state index contributed by atoms with van der Waals surface area (Å²) in [5, 5.41) is 13.9. The number of hydrogen-bond donors (Lipinski definition) is 2. The lowest BCUT2D eigenvalue weighted by Crippen LogP contribution is -2.54. The number of aromatic carboxylic acids is 1. The van der Waals surface area contributed by atoms with Crippen molar-refractivity contribution in [3.05, 3.63) is 16.1 Å². The Balaban J connectivity index is 1.75. The second-order valence-electron chi connectivity index (χ2n) is 5.19. The van der Waals surface area contributed by atoms with Gasteiger partial charge in [0.05, 0.1) is 5.01 Å². The van der Waals surface area contributed by atoms with Gasteiger partial charge in [-0.3, -0.25) is 0 Å². The Morgan fingerprint density at radius 2 is 2.29 bits per heavy atom. The molecule has 1 unspecified atom stereocenters. The van der Waals surface area contributed by atoms with E-state index in [1.165, 1.54) is 16.7 Å². The molecule has 2 amide bonds. The first-order valence-electron chi connectivity index (χ1n) is 6.88. The number of hydrogen-bond acceptors (Lipinski definition) is 5. The number of nitrogens with zero attached hydrogens (tertiary/aromatic N) is 3. The van der Waals surface area contributed by atoms with E-state index >= 15 is 0 Å². The van der Waals surface area contributed by atoms with Crippen LogP contribution in [0, 0.1) is 0 Å². The van der Waals surface area contributed by atoms with Crippen molar-refractivity contribution in [2.45, 2.75) is 19.4 Å². The molecule has 8 heteroatoms. The predicted octanol–water partition coefficient (Wildman–Crippen LogP) is 0.729. The van der Waals surface area contributed by atoms with E-state index in [4.69, 9.17) is 5.11 Å². The number of carbonyl (C=O) groups is 2. The van der Waals surface area contributed by atoms with Crippen LogP contribution in [-0.2, 0) is 6.42 Å². The Bertz CT molecular complexity index is 519. The number of nitrogens with one attached hydrogen (secondary N) is 1. The average Bonchev–Trinajstić information content (AvgIpc) is 2.91. The molecule has 0 aromatic carbocycles. The standard InChI is InChI=1S/C13H20N4O3S/c1-9-7-17(6-5-16(9)2)13(20)14-4-3-11-15-10(8-21-11)12(18)19/h8-9H,3-7H2,1-2H3,(H,14,20)(H,18,19). The lowest BCUT2D eigenvalue weighted by atomic mass is 10.2. The summed E-state index contributed by atoms with van der Waals surface area (Å²) in [4.78, 5) is 30.8. The highest BCUT2D eigenvalue weighted by molar-refractivity contribution is 7.09. The molecular formula is C13H20N4O3S. The maximum atomic E-state index is 12.0. The van der Waals surface area contributed by atoms with E-state index in [9.17, 15) is 9.59 Å². The summed E-state index contributed by atoms with van der Waals surface area (Å²) in [6, 6.07) is 0.298. The summed E-state index contributed by atoms with van der Waals surface area (Å²) < 4.78 is 0. The summed E-state index contributed by atoms with van der Waals surface area (Å²) in [6.07, 6.45) is 0.549. The van der Waals surface area contributed by atoms with Gasteiger partial charge in [-0.15, -0.1) is 11.3 Å². The molecule has 0 aliphatic carbocycles. The molecule has 1 saturated heterocycles. The molecule has 7 nitrogen and oxygen atoms in total. The van der Waals surface area contributed by atoms with Crippen LogP contribution in [0.4, 0.5) is 4.79 Å². The van der Waals surface area contributed by atoms with Crippen LogP contribution in [-0.4, -0.2) is 71.2 Å². The predicted molar refractivity (Wildman–Crippen MR) is 79.8 cm³/mol. The first-order chi connectivity index (χ1) is 9.97. The molecule has 0 radical (unpaired) electrons. The van der Waals surface area contributed by atoms with Crippen LogP contribution in [0.15, 0.2) is 5.38 Å². The van der Waals surface area contributed by atoms with Crippen molar-refractivity contribution in [1.82, 2.24) is 20.1 Å². The SMILES string of the molecule is CC1CN(C(=O)NCCc2nc(C(=O)O)cs2)CCN1C. The molecule has 0 saturated carbocycles. The fourth-order valence-electron chi connectivity index (χ4n) is 2.15. The van der Waals surface area contributed by atoms with Gasteiger partial charge in [-0.25, -0.2) is 14.6 Å². The molecule has 1 fully saturated rings. The minimum absolute atomic E-state index is 0.0641. The Hall–Kier alpha value is -1.67. The number of aromatic nitrogens is 1. The first kappa shape index (κ1) is 15.7. The second kappa shape index (κ2) is 6.86. The maximum Gasteiger partial charge on any atom is 0.355 e. The molecule has 2 heterocycles. The smallest absolute Gasteiger partial charge is 0.355 e. The van der Waals surface area contributed by atoms with Crippen molar-refractivity contribution in [1.29, 1.82) is 0 Å². The fourth-order valence-corrected chi connectivity index (χ4v) is 2.92. The Kier molecular flexibility index (Phi) is 5.13. The molecule has 1 aliphatic heterocycles. The number of likely N-dealkylation sites (N-methyl/N-ethyl adjacent to an activating group) is 1. The Morgan fingerprint density at radius 1 is 1.52 bits per heavy atom. The normalized spacial score (nSPS) is 19.5. The molecule has 0 spiro atoms. The monoisotopic (exact) mass is 312 g/mol. The fraction of sp³-hybridized carbons (Fsp3) is 0.615. The van der Waals surface area contributed by atoms with Crippen molar-refractivity contribution in [3.8, 4) is 0 Å². The van der Waals surface area contributed by atoms with Gasteiger partial charge >= 0.3 is 12.0 Å². The van der Waals surface area contributed by atoms with Crippen LogP contribution >= 0.6 is 11.3 Å². The van der Waals surface area contributed by atoms with Gasteiger partial charge in [0.1, 0.15) is 0 Å². The molecule has 1 atom stereocenters. The van der Waals surface area contributed by atoms with Gasteiger partial charge in [-0.05, 0) is 14.0 Å². The summed E-state index contributed by atoms with van der Waals surface area (Å²) in [5.74, 6) is -1.02. The number of urea groups is 1. The van der Waals surface area contributed by atoms with Crippen LogP contribution < -0.4 is 5.32 Å². The number of carbonyl (C=O) groups excluding carboxylic acids is 1. The molecule has 2 rings (SSSR count). The molecule has 2 N–H and O–H groups in total. The van der Waals surface area contributed by atoms with Crippen molar-refractivity contribution in [2.24, 2.45) is 0 Å². The first-order valence-corrected chi connectivity index (χ1v) is 7.76. The summed E-state index contributed by atoms with van der Waals surface area (Å²) in [6.45, 7) is 4.90. The summed E-state index contributed by atoms with van der Waals surface area (Å²) in [5.41, 5.74) is 0.0641. The number of piperazine rings is 1. The van der Waals surface area contributed by atoms with E-state index in [1.807, 2.05) is 4.90 Å². The number of rotatable bonds is 4. The van der Waals surface area contributed by atoms with Crippen LogP contribution in [0.1, 0.15) is 22.4 Å². The van der Waals surface area contributed by atoms with Gasteiger partial charge in [0.25, 0.3) is 0 Å². The van der Waals surface area contributed by atoms with E-state index in [1.54, 1.807) is 0 Å². The van der Waals surface area contributed by atoms with Gasteiger partial charge in [-0.1, -0.05) is 0 Å². The van der Waals surface area contributed by atoms with Crippen molar-refractivity contribution in [3.63, 3.8) is 0 Å². The molecular weight excluding hydrogens is 292 g/mol. The summed E-state index contributed by atoms with van der Waals surface area (Å²) >= 11 is 1.30. The number of thiazole rings is 1. The lowest BCUT2D eigenvalue weighted by Gasteiger charge is -2.37. The van der Waals surface area contributed by atoms with Gasteiger partial charge in [0.15, 0.2) is 5.69 Å². The molecule has 21 heavy (non-hydrogen) atoms. The molecule has 116 valence electrons. The maximum absolute atomic E-state index is 12.0. The topological polar surface area (TPSA) is 85.8 Å². The van der Waals surface area contributed by atoms with Gasteiger partial charge in [0, 0.05) is 44.0 Å². The minimum atomic E-state index is -1.02. The van der Waals surface area contributed by atoms with E-state index in [2.05, 4.69) is 29.2 Å². The third-order valence-electron chi connectivity index (χ3n) is 3.63. The number of amides is 2. The van der Waals surface area contributed by atoms with Crippen molar-refractivity contribution in [2.75, 3.05) is 33.2 Å². The van der Waals surface area contributed by atoms with Crippen LogP contribution in [0.2, 0.25) is 0 Å². The number of carboxylic acids is 1. The van der Waals surface area contributed by atoms with E-state index < -0.39 is 5.97 Å². The van der Waals surface area contributed by atoms with E-state index in [-0.39, 0.29) is 11.7 Å². The number of carboxylic acid groups (broad SMARTS) is 1. The molecule has 0 bridgehead atoms.